The summed E-state index contributed by atoms with van der Waals surface area (Å²) in [5.41, 5.74) is 0.596. The minimum Gasteiger partial charge on any atom is -0.461 e. The van der Waals surface area contributed by atoms with Crippen LogP contribution in [0.4, 0.5) is 0 Å². The zero-order chi connectivity index (χ0) is 17.6. The Morgan fingerprint density at radius 3 is 3.04 bits per heavy atom. The highest BCUT2D eigenvalue weighted by Crippen LogP contribution is 2.69. The van der Waals surface area contributed by atoms with Gasteiger partial charge in [-0.05, 0) is 61.0 Å². The highest BCUT2D eigenvalue weighted by Gasteiger charge is 2.62. The molecule has 1 spiro atoms. The Morgan fingerprint density at radius 2 is 2.27 bits per heavy atom. The average molecular weight is 353 g/mol. The van der Waals surface area contributed by atoms with Crippen molar-refractivity contribution in [2.24, 2.45) is 23.2 Å². The number of nitrogens with one attached hydrogen (secondary N) is 1. The molecule has 3 aliphatic rings. The summed E-state index contributed by atoms with van der Waals surface area (Å²) in [5.74, 6) is 3.80. The second-order valence-corrected chi connectivity index (χ2v) is 7.89. The van der Waals surface area contributed by atoms with Crippen molar-refractivity contribution in [3.63, 3.8) is 0 Å². The van der Waals surface area contributed by atoms with Gasteiger partial charge in [0.15, 0.2) is 5.76 Å². The Bertz CT molecular complexity index is 819. The zero-order valence-corrected chi connectivity index (χ0v) is 14.7. The number of aromatic nitrogens is 2. The maximum Gasteiger partial charge on any atom is 0.238 e. The van der Waals surface area contributed by atoms with Crippen LogP contribution in [0.3, 0.4) is 0 Å². The smallest absolute Gasteiger partial charge is 0.238 e. The number of carbonyl (C=O) groups is 1. The molecular formula is C20H23N3O3. The van der Waals surface area contributed by atoms with E-state index in [9.17, 15) is 4.79 Å². The van der Waals surface area contributed by atoms with E-state index in [4.69, 9.17) is 8.94 Å². The molecule has 5 rings (SSSR count). The molecule has 0 radical (unpaired) electrons. The van der Waals surface area contributed by atoms with Crippen molar-refractivity contribution in [2.75, 3.05) is 6.54 Å². The van der Waals surface area contributed by atoms with E-state index < -0.39 is 0 Å². The Hall–Kier alpha value is -2.37. The van der Waals surface area contributed by atoms with E-state index in [0.29, 0.717) is 54.0 Å². The summed E-state index contributed by atoms with van der Waals surface area (Å²) < 4.78 is 10.5. The summed E-state index contributed by atoms with van der Waals surface area (Å²) >= 11 is 0. The van der Waals surface area contributed by atoms with Gasteiger partial charge in [-0.2, -0.15) is 4.98 Å². The van der Waals surface area contributed by atoms with Crippen LogP contribution in [0.25, 0.3) is 11.6 Å². The lowest BCUT2D eigenvalue weighted by atomic mass is 9.89. The zero-order valence-electron chi connectivity index (χ0n) is 14.7. The second kappa shape index (κ2) is 6.11. The van der Waals surface area contributed by atoms with Crippen molar-refractivity contribution < 1.29 is 13.7 Å². The molecule has 0 aliphatic heterocycles. The van der Waals surface area contributed by atoms with Gasteiger partial charge in [-0.1, -0.05) is 17.3 Å². The van der Waals surface area contributed by atoms with Crippen LogP contribution in [0, 0.1) is 23.2 Å². The molecule has 0 saturated heterocycles. The van der Waals surface area contributed by atoms with E-state index in [1.807, 2.05) is 0 Å². The molecular weight excluding hydrogens is 330 g/mol. The molecule has 3 aliphatic carbocycles. The first kappa shape index (κ1) is 15.9. The lowest BCUT2D eigenvalue weighted by Gasteiger charge is -2.20. The van der Waals surface area contributed by atoms with Crippen molar-refractivity contribution in [1.82, 2.24) is 15.5 Å². The van der Waals surface area contributed by atoms with Gasteiger partial charge in [0, 0.05) is 19.4 Å². The summed E-state index contributed by atoms with van der Waals surface area (Å²) in [5, 5.41) is 7.03. The molecule has 2 heterocycles. The fraction of sp³-hybridized carbons (Fsp3) is 0.550. The van der Waals surface area contributed by atoms with Gasteiger partial charge in [0.25, 0.3) is 0 Å². The fourth-order valence-corrected chi connectivity index (χ4v) is 4.95. The molecule has 136 valence electrons. The molecule has 2 aromatic heterocycles. The lowest BCUT2D eigenvalue weighted by molar-refractivity contribution is -0.121. The van der Waals surface area contributed by atoms with Gasteiger partial charge in [0.2, 0.25) is 17.6 Å². The second-order valence-electron chi connectivity index (χ2n) is 7.89. The van der Waals surface area contributed by atoms with Crippen LogP contribution in [-0.2, 0) is 11.2 Å². The molecule has 6 heteroatoms. The number of allylic oxidation sites excluding steroid dienone is 2. The molecule has 2 bridgehead atoms. The van der Waals surface area contributed by atoms with E-state index in [0.717, 1.165) is 12.5 Å². The SMILES string of the molecule is O=C(CCCc1nc(-c2ccco2)no1)NC[C@@H]1C[C@@H]2C=C[C@H]1C21CC1. The van der Waals surface area contributed by atoms with Gasteiger partial charge in [0.05, 0.1) is 6.26 Å². The van der Waals surface area contributed by atoms with Crippen LogP contribution in [-0.4, -0.2) is 22.6 Å². The van der Waals surface area contributed by atoms with Gasteiger partial charge < -0.3 is 14.3 Å². The number of rotatable bonds is 7. The first-order valence-electron chi connectivity index (χ1n) is 9.56. The Morgan fingerprint density at radius 1 is 1.35 bits per heavy atom. The van der Waals surface area contributed by atoms with E-state index in [1.54, 1.807) is 18.4 Å². The molecule has 2 saturated carbocycles. The van der Waals surface area contributed by atoms with E-state index in [-0.39, 0.29) is 5.91 Å². The van der Waals surface area contributed by atoms with Gasteiger partial charge in [0.1, 0.15) is 0 Å². The van der Waals surface area contributed by atoms with Gasteiger partial charge in [-0.25, -0.2) is 0 Å². The third kappa shape index (κ3) is 2.68. The summed E-state index contributed by atoms with van der Waals surface area (Å²) in [6, 6.07) is 3.57. The Labute approximate surface area is 152 Å². The van der Waals surface area contributed by atoms with E-state index in [2.05, 4.69) is 27.6 Å². The molecule has 0 aromatic carbocycles. The number of hydrogen-bond acceptors (Lipinski definition) is 5. The first-order chi connectivity index (χ1) is 12.7. The predicted octanol–water partition coefficient (Wildman–Crippen LogP) is 3.37. The van der Waals surface area contributed by atoms with Crippen LogP contribution < -0.4 is 5.32 Å². The molecule has 2 aromatic rings. The van der Waals surface area contributed by atoms with Crippen LogP contribution in [0.15, 0.2) is 39.5 Å². The lowest BCUT2D eigenvalue weighted by Crippen LogP contribution is -2.31. The average Bonchev–Trinajstić information content (AvgIpc) is 3.03. The molecule has 0 unspecified atom stereocenters. The fourth-order valence-electron chi connectivity index (χ4n) is 4.95. The Kier molecular flexibility index (Phi) is 3.72. The van der Waals surface area contributed by atoms with E-state index in [1.165, 1.54) is 19.3 Å². The highest BCUT2D eigenvalue weighted by atomic mass is 16.5. The molecule has 1 amide bonds. The van der Waals surface area contributed by atoms with Crippen molar-refractivity contribution in [3.8, 4) is 11.6 Å². The van der Waals surface area contributed by atoms with Crippen LogP contribution >= 0.6 is 0 Å². The van der Waals surface area contributed by atoms with Crippen LogP contribution in [0.2, 0.25) is 0 Å². The topological polar surface area (TPSA) is 81.2 Å². The van der Waals surface area contributed by atoms with Crippen molar-refractivity contribution >= 4 is 5.91 Å². The Balaban J connectivity index is 1.05. The molecule has 26 heavy (non-hydrogen) atoms. The van der Waals surface area contributed by atoms with Crippen molar-refractivity contribution in [2.45, 2.75) is 38.5 Å². The standard InChI is InChI=1S/C20H23N3O3/c24-17(21-12-13-11-14-6-7-15(13)20(14)8-9-20)4-1-5-18-22-19(23-26-18)16-3-2-10-25-16/h2-3,6-7,10,13-15H,1,4-5,8-9,11-12H2,(H,21,24)/t13-,14-,15+/m0/s1. The normalized spacial score (nSPS) is 27.3. The number of aryl methyl sites for hydroxylation is 1. The third-order valence-corrected chi connectivity index (χ3v) is 6.41. The van der Waals surface area contributed by atoms with Crippen molar-refractivity contribution in [3.05, 3.63) is 36.4 Å². The summed E-state index contributed by atoms with van der Waals surface area (Å²) in [7, 11) is 0. The summed E-state index contributed by atoms with van der Waals surface area (Å²) in [6.07, 6.45) is 12.2. The highest BCUT2D eigenvalue weighted by molar-refractivity contribution is 5.75. The number of amides is 1. The van der Waals surface area contributed by atoms with Crippen LogP contribution in [0.5, 0.6) is 0 Å². The first-order valence-corrected chi connectivity index (χ1v) is 9.56. The monoisotopic (exact) mass is 353 g/mol. The number of carbonyl (C=O) groups excluding carboxylic acids is 1. The summed E-state index contributed by atoms with van der Waals surface area (Å²) in [4.78, 5) is 16.5. The van der Waals surface area contributed by atoms with Gasteiger partial charge >= 0.3 is 0 Å². The van der Waals surface area contributed by atoms with Crippen molar-refractivity contribution in [1.29, 1.82) is 0 Å². The minimum absolute atomic E-state index is 0.118. The third-order valence-electron chi connectivity index (χ3n) is 6.41. The van der Waals surface area contributed by atoms with Crippen LogP contribution in [0.1, 0.15) is 38.0 Å². The number of nitrogens with zero attached hydrogens (tertiary/aromatic N) is 2. The maximum absolute atomic E-state index is 12.2. The largest absolute Gasteiger partial charge is 0.461 e. The van der Waals surface area contributed by atoms with Gasteiger partial charge in [-0.15, -0.1) is 0 Å². The molecule has 2 fully saturated rings. The quantitative estimate of drug-likeness (QED) is 0.772. The van der Waals surface area contributed by atoms with E-state index >= 15 is 0 Å². The maximum atomic E-state index is 12.2. The minimum atomic E-state index is 0.118. The van der Waals surface area contributed by atoms with Gasteiger partial charge in [-0.3, -0.25) is 4.79 Å². The number of hydrogen-bond donors (Lipinski definition) is 1. The number of furan rings is 1. The predicted molar refractivity (Wildman–Crippen MR) is 93.8 cm³/mol. The molecule has 1 N–H and O–H groups in total. The summed E-state index contributed by atoms with van der Waals surface area (Å²) in [6.45, 7) is 0.815. The molecule has 3 atom stereocenters. The molecule has 6 nitrogen and oxygen atoms in total.